The molecule has 1 fully saturated rings. The minimum atomic E-state index is 0.189. The molecule has 1 aromatic heterocycles. The Morgan fingerprint density at radius 3 is 2.73 bits per heavy atom. The van der Waals surface area contributed by atoms with E-state index in [0.717, 1.165) is 31.6 Å². The van der Waals surface area contributed by atoms with Gasteiger partial charge >= 0.3 is 0 Å². The van der Waals surface area contributed by atoms with Crippen molar-refractivity contribution in [2.24, 2.45) is 0 Å². The molecule has 3 rings (SSSR count). The van der Waals surface area contributed by atoms with Crippen LogP contribution in [0.25, 0.3) is 0 Å². The lowest BCUT2D eigenvalue weighted by Crippen LogP contribution is -2.42. The first-order valence-corrected chi connectivity index (χ1v) is 9.60. The molecule has 0 unspecified atom stereocenters. The van der Waals surface area contributed by atoms with Crippen LogP contribution in [-0.2, 0) is 17.8 Å². The molecule has 2 heterocycles. The maximum absolute atomic E-state index is 12.8. The molecule has 0 bridgehead atoms. The van der Waals surface area contributed by atoms with Crippen molar-refractivity contribution in [2.45, 2.75) is 52.1 Å². The van der Waals surface area contributed by atoms with Crippen molar-refractivity contribution >= 4 is 11.7 Å². The normalized spacial score (nSPS) is 18.1. The number of aromatic nitrogens is 2. The zero-order valence-electron chi connectivity index (χ0n) is 15.8. The highest BCUT2D eigenvalue weighted by atomic mass is 16.2. The Kier molecular flexibility index (Phi) is 6.21. The number of carbonyl (C=O) groups excluding carboxylic acids is 1. The Labute approximate surface area is 156 Å². The fraction of sp³-hybridized carbons (Fsp3) is 0.476. The standard InChI is InChI=1S/C21H28N4O/c1-3-8-18-13-22-16-23-21(18)24-12-11-20(26)25(19(4-2)15-24)14-17-9-6-5-7-10-17/h5-7,9-10,13,16,19H,3-4,8,11-12,14-15H2,1-2H3/t19-/m0/s1. The van der Waals surface area contributed by atoms with Gasteiger partial charge in [-0.05, 0) is 18.4 Å². The van der Waals surface area contributed by atoms with Gasteiger partial charge in [0.05, 0.1) is 0 Å². The van der Waals surface area contributed by atoms with Gasteiger partial charge in [-0.3, -0.25) is 4.79 Å². The van der Waals surface area contributed by atoms with Crippen LogP contribution in [0.15, 0.2) is 42.9 Å². The molecule has 5 heteroatoms. The zero-order valence-corrected chi connectivity index (χ0v) is 15.8. The number of hydrogen-bond donors (Lipinski definition) is 0. The molecule has 0 N–H and O–H groups in total. The minimum Gasteiger partial charge on any atom is -0.354 e. The third-order valence-corrected chi connectivity index (χ3v) is 5.04. The number of anilines is 1. The SMILES string of the molecule is CCCc1cncnc1N1CCC(=O)N(Cc2ccccc2)[C@@H](CC)C1. The van der Waals surface area contributed by atoms with Gasteiger partial charge in [0.1, 0.15) is 12.1 Å². The third-order valence-electron chi connectivity index (χ3n) is 5.04. The third kappa shape index (κ3) is 4.21. The second-order valence-corrected chi connectivity index (χ2v) is 6.89. The molecule has 0 spiro atoms. The van der Waals surface area contributed by atoms with Gasteiger partial charge in [0.15, 0.2) is 0 Å². The average molecular weight is 352 g/mol. The molecule has 1 aromatic carbocycles. The predicted molar refractivity (Wildman–Crippen MR) is 104 cm³/mol. The van der Waals surface area contributed by atoms with Crippen LogP contribution in [0.3, 0.4) is 0 Å². The molecule has 0 radical (unpaired) electrons. The van der Waals surface area contributed by atoms with Gasteiger partial charge in [-0.2, -0.15) is 0 Å². The fourth-order valence-electron chi connectivity index (χ4n) is 3.64. The molecule has 0 saturated carbocycles. The number of rotatable bonds is 6. The largest absolute Gasteiger partial charge is 0.354 e. The summed E-state index contributed by atoms with van der Waals surface area (Å²) in [4.78, 5) is 25.9. The quantitative estimate of drug-likeness (QED) is 0.799. The molecule has 1 saturated heterocycles. The van der Waals surface area contributed by atoms with E-state index in [0.29, 0.717) is 19.5 Å². The van der Waals surface area contributed by atoms with Gasteiger partial charge in [-0.1, -0.05) is 50.6 Å². The van der Waals surface area contributed by atoms with E-state index in [4.69, 9.17) is 0 Å². The molecule has 0 aliphatic carbocycles. The molecule has 1 aliphatic heterocycles. The van der Waals surface area contributed by atoms with Crippen LogP contribution in [0.1, 0.15) is 44.2 Å². The number of benzene rings is 1. The van der Waals surface area contributed by atoms with Crippen molar-refractivity contribution in [1.29, 1.82) is 0 Å². The summed E-state index contributed by atoms with van der Waals surface area (Å²) in [7, 11) is 0. The van der Waals surface area contributed by atoms with E-state index in [1.807, 2.05) is 24.4 Å². The summed E-state index contributed by atoms with van der Waals surface area (Å²) in [6, 6.07) is 10.4. The van der Waals surface area contributed by atoms with Crippen LogP contribution in [0.5, 0.6) is 0 Å². The van der Waals surface area contributed by atoms with E-state index in [-0.39, 0.29) is 11.9 Å². The van der Waals surface area contributed by atoms with E-state index in [2.05, 4.69) is 45.7 Å². The van der Waals surface area contributed by atoms with Gasteiger partial charge in [0.25, 0.3) is 0 Å². The van der Waals surface area contributed by atoms with Crippen LogP contribution in [-0.4, -0.2) is 39.9 Å². The molecule has 5 nitrogen and oxygen atoms in total. The minimum absolute atomic E-state index is 0.189. The van der Waals surface area contributed by atoms with Crippen molar-refractivity contribution in [2.75, 3.05) is 18.0 Å². The second-order valence-electron chi connectivity index (χ2n) is 6.89. The predicted octanol–water partition coefficient (Wildman–Crippen LogP) is 3.45. The van der Waals surface area contributed by atoms with Crippen molar-refractivity contribution < 1.29 is 4.79 Å². The van der Waals surface area contributed by atoms with Crippen LogP contribution in [0.4, 0.5) is 5.82 Å². The lowest BCUT2D eigenvalue weighted by atomic mass is 10.1. The number of carbonyl (C=O) groups is 1. The highest BCUT2D eigenvalue weighted by Crippen LogP contribution is 2.24. The Hall–Kier alpha value is -2.43. The average Bonchev–Trinajstić information content (AvgIpc) is 2.83. The number of amides is 1. The Balaban J connectivity index is 1.82. The van der Waals surface area contributed by atoms with Crippen LogP contribution in [0.2, 0.25) is 0 Å². The van der Waals surface area contributed by atoms with Crippen molar-refractivity contribution in [3.05, 3.63) is 54.0 Å². The summed E-state index contributed by atoms with van der Waals surface area (Å²) in [5.41, 5.74) is 2.36. The van der Waals surface area contributed by atoms with E-state index < -0.39 is 0 Å². The van der Waals surface area contributed by atoms with Gasteiger partial charge in [0.2, 0.25) is 5.91 Å². The number of nitrogens with zero attached hydrogens (tertiary/aromatic N) is 4. The highest BCUT2D eigenvalue weighted by molar-refractivity contribution is 5.78. The molecule has 1 atom stereocenters. The summed E-state index contributed by atoms with van der Waals surface area (Å²) in [5, 5.41) is 0. The van der Waals surface area contributed by atoms with Crippen molar-refractivity contribution in [3.63, 3.8) is 0 Å². The summed E-state index contributed by atoms with van der Waals surface area (Å²) in [6.45, 7) is 6.54. The first-order chi connectivity index (χ1) is 12.7. The Morgan fingerprint density at radius 1 is 1.19 bits per heavy atom. The summed E-state index contributed by atoms with van der Waals surface area (Å²) >= 11 is 0. The lowest BCUT2D eigenvalue weighted by Gasteiger charge is -2.32. The summed E-state index contributed by atoms with van der Waals surface area (Å²) in [6.07, 6.45) is 7.02. The summed E-state index contributed by atoms with van der Waals surface area (Å²) < 4.78 is 0. The zero-order chi connectivity index (χ0) is 18.4. The van der Waals surface area contributed by atoms with E-state index in [1.165, 1.54) is 11.1 Å². The van der Waals surface area contributed by atoms with Gasteiger partial charge < -0.3 is 9.80 Å². The Bertz CT molecular complexity index is 719. The second kappa shape index (κ2) is 8.79. The fourth-order valence-corrected chi connectivity index (χ4v) is 3.64. The van der Waals surface area contributed by atoms with Gasteiger partial charge in [0, 0.05) is 43.9 Å². The molecule has 1 aliphatic rings. The van der Waals surface area contributed by atoms with Crippen LogP contribution >= 0.6 is 0 Å². The maximum atomic E-state index is 12.8. The topological polar surface area (TPSA) is 49.3 Å². The van der Waals surface area contributed by atoms with Crippen molar-refractivity contribution in [1.82, 2.24) is 14.9 Å². The molecular formula is C21H28N4O. The van der Waals surface area contributed by atoms with E-state index in [9.17, 15) is 4.79 Å². The van der Waals surface area contributed by atoms with Crippen LogP contribution in [0, 0.1) is 0 Å². The summed E-state index contributed by atoms with van der Waals surface area (Å²) in [5.74, 6) is 1.23. The van der Waals surface area contributed by atoms with Gasteiger partial charge in [-0.15, -0.1) is 0 Å². The first-order valence-electron chi connectivity index (χ1n) is 9.60. The molecular weight excluding hydrogens is 324 g/mol. The first kappa shape index (κ1) is 18.4. The number of hydrogen-bond acceptors (Lipinski definition) is 4. The van der Waals surface area contributed by atoms with Crippen molar-refractivity contribution in [3.8, 4) is 0 Å². The number of aryl methyl sites for hydroxylation is 1. The lowest BCUT2D eigenvalue weighted by molar-refractivity contribution is -0.133. The van der Waals surface area contributed by atoms with Gasteiger partial charge in [-0.25, -0.2) is 9.97 Å². The molecule has 1 amide bonds. The van der Waals surface area contributed by atoms with Crippen LogP contribution < -0.4 is 4.90 Å². The Morgan fingerprint density at radius 2 is 2.00 bits per heavy atom. The molecule has 138 valence electrons. The smallest absolute Gasteiger partial charge is 0.224 e. The van der Waals surface area contributed by atoms with E-state index in [1.54, 1.807) is 6.33 Å². The monoisotopic (exact) mass is 352 g/mol. The highest BCUT2D eigenvalue weighted by Gasteiger charge is 2.29. The molecule has 26 heavy (non-hydrogen) atoms. The molecule has 2 aromatic rings. The van der Waals surface area contributed by atoms with E-state index >= 15 is 0 Å². The maximum Gasteiger partial charge on any atom is 0.224 e.